The molecule has 1 aliphatic rings. The highest BCUT2D eigenvalue weighted by molar-refractivity contribution is 7.92. The van der Waals surface area contributed by atoms with Gasteiger partial charge in [-0.15, -0.1) is 0 Å². The summed E-state index contributed by atoms with van der Waals surface area (Å²) in [5.41, 5.74) is 4.26. The number of piperazine rings is 1. The zero-order valence-electron chi connectivity index (χ0n) is 20.3. The minimum atomic E-state index is -3.97. The predicted molar refractivity (Wildman–Crippen MR) is 139 cm³/mol. The van der Waals surface area contributed by atoms with Crippen LogP contribution in [-0.2, 0) is 16.4 Å². The van der Waals surface area contributed by atoms with Crippen LogP contribution in [0.1, 0.15) is 28.4 Å². The van der Waals surface area contributed by atoms with E-state index in [0.717, 1.165) is 12.0 Å². The van der Waals surface area contributed by atoms with Crippen molar-refractivity contribution in [2.75, 3.05) is 42.9 Å². The molecule has 7 nitrogen and oxygen atoms in total. The number of para-hydroxylation sites is 1. The van der Waals surface area contributed by atoms with E-state index in [9.17, 15) is 13.2 Å². The molecule has 4 rings (SSSR count). The molecule has 184 valence electrons. The number of carbonyl (C=O) groups is 1. The van der Waals surface area contributed by atoms with E-state index in [1.54, 1.807) is 23.1 Å². The molecule has 0 saturated carbocycles. The first-order valence-corrected chi connectivity index (χ1v) is 13.2. The van der Waals surface area contributed by atoms with Gasteiger partial charge in [0.2, 0.25) is 0 Å². The van der Waals surface area contributed by atoms with Gasteiger partial charge in [-0.25, -0.2) is 8.42 Å². The number of rotatable bonds is 7. The molecule has 1 amide bonds. The first-order chi connectivity index (χ1) is 16.8. The Kier molecular flexibility index (Phi) is 7.31. The number of nitrogens with zero attached hydrogens (tertiary/aromatic N) is 2. The number of ether oxygens (including phenoxy) is 1. The topological polar surface area (TPSA) is 79.0 Å². The van der Waals surface area contributed by atoms with Gasteiger partial charge in [0, 0.05) is 43.1 Å². The lowest BCUT2D eigenvalue weighted by molar-refractivity contribution is 0.0746. The Bertz CT molecular complexity index is 1300. The van der Waals surface area contributed by atoms with Crippen LogP contribution in [0, 0.1) is 6.92 Å². The highest BCUT2D eigenvalue weighted by Gasteiger charge is 2.26. The molecule has 35 heavy (non-hydrogen) atoms. The van der Waals surface area contributed by atoms with Crippen LogP contribution in [0.3, 0.4) is 0 Å². The molecule has 0 radical (unpaired) electrons. The summed E-state index contributed by atoms with van der Waals surface area (Å²) in [6.45, 7) is 6.67. The largest absolute Gasteiger partial charge is 0.495 e. The molecule has 3 aromatic carbocycles. The number of aryl methyl sites for hydroxylation is 2. The summed E-state index contributed by atoms with van der Waals surface area (Å²) < 4.78 is 34.3. The van der Waals surface area contributed by atoms with Crippen molar-refractivity contribution < 1.29 is 17.9 Å². The molecule has 0 spiro atoms. The number of carbonyl (C=O) groups excluding carboxylic acids is 1. The molecule has 3 aromatic rings. The number of nitrogens with one attached hydrogen (secondary N) is 1. The van der Waals surface area contributed by atoms with Gasteiger partial charge in [0.15, 0.2) is 0 Å². The quantitative estimate of drug-likeness (QED) is 0.530. The summed E-state index contributed by atoms with van der Waals surface area (Å²) in [4.78, 5) is 17.2. The Hall–Kier alpha value is -3.52. The summed E-state index contributed by atoms with van der Waals surface area (Å²) in [6, 6.07) is 20.0. The third-order valence-electron chi connectivity index (χ3n) is 6.34. The van der Waals surface area contributed by atoms with E-state index in [-0.39, 0.29) is 16.6 Å². The van der Waals surface area contributed by atoms with Gasteiger partial charge in [-0.3, -0.25) is 9.52 Å². The molecule has 0 unspecified atom stereocenters. The lowest BCUT2D eigenvalue weighted by Crippen LogP contribution is -2.49. The SMILES string of the molecule is CCc1ccc(NS(=O)(=O)c2cc(C(=O)N3CCN(c4ccccc4C)CC3)ccc2OC)cc1. The van der Waals surface area contributed by atoms with Crippen LogP contribution in [0.5, 0.6) is 5.75 Å². The minimum absolute atomic E-state index is 0.0658. The number of benzene rings is 3. The number of anilines is 2. The van der Waals surface area contributed by atoms with Gasteiger partial charge in [0.05, 0.1) is 7.11 Å². The van der Waals surface area contributed by atoms with Crippen molar-refractivity contribution in [3.8, 4) is 5.75 Å². The van der Waals surface area contributed by atoms with Gasteiger partial charge in [-0.1, -0.05) is 37.3 Å². The molecule has 1 saturated heterocycles. The second kappa shape index (κ2) is 10.4. The number of hydrogen-bond acceptors (Lipinski definition) is 5. The number of amides is 1. The average Bonchev–Trinajstić information content (AvgIpc) is 2.88. The Balaban J connectivity index is 1.52. The first kappa shape index (κ1) is 24.6. The fraction of sp³-hybridized carbons (Fsp3) is 0.296. The van der Waals surface area contributed by atoms with Crippen molar-refractivity contribution in [3.05, 3.63) is 83.4 Å². The van der Waals surface area contributed by atoms with Crippen LogP contribution in [0.15, 0.2) is 71.6 Å². The lowest BCUT2D eigenvalue weighted by atomic mass is 10.1. The van der Waals surface area contributed by atoms with Gasteiger partial charge >= 0.3 is 0 Å². The number of methoxy groups -OCH3 is 1. The van der Waals surface area contributed by atoms with Crippen molar-refractivity contribution >= 4 is 27.3 Å². The van der Waals surface area contributed by atoms with Crippen molar-refractivity contribution in [2.45, 2.75) is 25.2 Å². The summed E-state index contributed by atoms with van der Waals surface area (Å²) in [5.74, 6) is -0.00978. The van der Waals surface area contributed by atoms with E-state index in [2.05, 4.69) is 28.7 Å². The maximum absolute atomic E-state index is 13.3. The zero-order valence-corrected chi connectivity index (χ0v) is 21.1. The normalized spacial score (nSPS) is 14.0. The van der Waals surface area contributed by atoms with Gasteiger partial charge in [0.1, 0.15) is 10.6 Å². The average molecular weight is 494 g/mol. The molecule has 1 fully saturated rings. The number of hydrogen-bond donors (Lipinski definition) is 1. The number of sulfonamides is 1. The van der Waals surface area contributed by atoms with Crippen molar-refractivity contribution in [3.63, 3.8) is 0 Å². The van der Waals surface area contributed by atoms with E-state index in [0.29, 0.717) is 37.4 Å². The highest BCUT2D eigenvalue weighted by atomic mass is 32.2. The molecule has 1 aliphatic heterocycles. The molecule has 0 atom stereocenters. The van der Waals surface area contributed by atoms with Crippen LogP contribution < -0.4 is 14.4 Å². The van der Waals surface area contributed by atoms with Crippen LogP contribution in [0.2, 0.25) is 0 Å². The third kappa shape index (κ3) is 5.43. The highest BCUT2D eigenvalue weighted by Crippen LogP contribution is 2.28. The fourth-order valence-corrected chi connectivity index (χ4v) is 5.54. The second-order valence-electron chi connectivity index (χ2n) is 8.59. The molecule has 1 heterocycles. The van der Waals surface area contributed by atoms with Crippen molar-refractivity contribution in [2.24, 2.45) is 0 Å². The molecule has 0 aliphatic carbocycles. The summed E-state index contributed by atoms with van der Waals surface area (Å²) in [6.07, 6.45) is 0.865. The maximum atomic E-state index is 13.3. The van der Waals surface area contributed by atoms with E-state index < -0.39 is 10.0 Å². The maximum Gasteiger partial charge on any atom is 0.265 e. The first-order valence-electron chi connectivity index (χ1n) is 11.7. The molecular formula is C27H31N3O4S. The van der Waals surface area contributed by atoms with Gasteiger partial charge < -0.3 is 14.5 Å². The second-order valence-corrected chi connectivity index (χ2v) is 10.2. The van der Waals surface area contributed by atoms with Gasteiger partial charge in [0.25, 0.3) is 15.9 Å². The molecule has 0 bridgehead atoms. The summed E-state index contributed by atoms with van der Waals surface area (Å²) in [7, 11) is -2.55. The zero-order chi connectivity index (χ0) is 25.0. The summed E-state index contributed by atoms with van der Waals surface area (Å²) >= 11 is 0. The third-order valence-corrected chi connectivity index (χ3v) is 7.74. The van der Waals surface area contributed by atoms with Gasteiger partial charge in [-0.05, 0) is 60.9 Å². The van der Waals surface area contributed by atoms with Crippen molar-refractivity contribution in [1.82, 2.24) is 4.90 Å². The van der Waals surface area contributed by atoms with E-state index in [4.69, 9.17) is 4.74 Å². The van der Waals surface area contributed by atoms with Crippen LogP contribution >= 0.6 is 0 Å². The standard InChI is InChI=1S/C27H31N3O4S/c1-4-21-9-12-23(13-10-21)28-35(32,33)26-19-22(11-14-25(26)34-3)27(31)30-17-15-29(16-18-30)24-8-6-5-7-20(24)2/h5-14,19,28H,4,15-18H2,1-3H3. The van der Waals surface area contributed by atoms with E-state index >= 15 is 0 Å². The van der Waals surface area contributed by atoms with Crippen LogP contribution in [0.25, 0.3) is 0 Å². The minimum Gasteiger partial charge on any atom is -0.495 e. The van der Waals surface area contributed by atoms with Crippen LogP contribution in [-0.4, -0.2) is 52.5 Å². The summed E-state index contributed by atoms with van der Waals surface area (Å²) in [5, 5.41) is 0. The molecular weight excluding hydrogens is 462 g/mol. The Morgan fingerprint density at radius 1 is 0.971 bits per heavy atom. The smallest absolute Gasteiger partial charge is 0.265 e. The Labute approximate surface area is 207 Å². The predicted octanol–water partition coefficient (Wildman–Crippen LogP) is 4.33. The van der Waals surface area contributed by atoms with Crippen molar-refractivity contribution in [1.29, 1.82) is 0 Å². The lowest BCUT2D eigenvalue weighted by Gasteiger charge is -2.37. The molecule has 0 aromatic heterocycles. The van der Waals surface area contributed by atoms with E-state index in [1.807, 2.05) is 31.2 Å². The molecule has 8 heteroatoms. The Morgan fingerprint density at radius 2 is 1.66 bits per heavy atom. The molecule has 1 N–H and O–H groups in total. The monoisotopic (exact) mass is 493 g/mol. The van der Waals surface area contributed by atoms with Crippen LogP contribution in [0.4, 0.5) is 11.4 Å². The fourth-order valence-electron chi connectivity index (χ4n) is 4.29. The van der Waals surface area contributed by atoms with Gasteiger partial charge in [-0.2, -0.15) is 0 Å². The van der Waals surface area contributed by atoms with E-state index in [1.165, 1.54) is 30.5 Å². The Morgan fingerprint density at radius 3 is 2.29 bits per heavy atom.